The number of amides is 2. The second-order valence-electron chi connectivity index (χ2n) is 17.3. The smallest absolute Gasteiger partial charge is 0.226 e. The Morgan fingerprint density at radius 3 is 2.33 bits per heavy atom. The van der Waals surface area contributed by atoms with Gasteiger partial charge in [0.15, 0.2) is 17.3 Å². The summed E-state index contributed by atoms with van der Waals surface area (Å²) in [5.41, 5.74) is 23.4. The van der Waals surface area contributed by atoms with Gasteiger partial charge < -0.3 is 37.3 Å². The molecule has 0 spiro atoms. The van der Waals surface area contributed by atoms with E-state index in [0.717, 1.165) is 11.1 Å². The number of anilines is 1. The van der Waals surface area contributed by atoms with Gasteiger partial charge in [0.1, 0.15) is 24.1 Å². The maximum Gasteiger partial charge on any atom is 0.226 e. The van der Waals surface area contributed by atoms with Crippen LogP contribution in [0.1, 0.15) is 98.6 Å². The van der Waals surface area contributed by atoms with E-state index in [-0.39, 0.29) is 99.9 Å². The fourth-order valence-corrected chi connectivity index (χ4v) is 8.03. The maximum atomic E-state index is 14.7. The van der Waals surface area contributed by atoms with Crippen LogP contribution in [-0.4, -0.2) is 76.9 Å². The summed E-state index contributed by atoms with van der Waals surface area (Å²) >= 11 is 0. The highest BCUT2D eigenvalue weighted by Gasteiger charge is 2.36. The average Bonchev–Trinajstić information content (AvgIpc) is 3.24. The number of aromatic hydroxyl groups is 1. The highest BCUT2D eigenvalue weighted by Crippen LogP contribution is 2.40. The van der Waals surface area contributed by atoms with E-state index in [0.29, 0.717) is 39.4 Å². The number of ether oxygens (including phenoxy) is 1. The number of likely N-dealkylation sites (N-methyl/N-ethyl adjacent to an activating group) is 1. The second kappa shape index (κ2) is 22.0. The van der Waals surface area contributed by atoms with Gasteiger partial charge in [0.2, 0.25) is 11.8 Å². The molecule has 2 amide bonds. The number of hydrogen-bond acceptors (Lipinski definition) is 12. The van der Waals surface area contributed by atoms with E-state index in [4.69, 9.17) is 32.2 Å². The molecular weight excluding hydrogens is 831 g/mol. The number of ketones is 3. The van der Waals surface area contributed by atoms with E-state index in [1.165, 1.54) is 18.0 Å². The Hall–Kier alpha value is -6.08. The molecule has 1 aliphatic rings. The van der Waals surface area contributed by atoms with E-state index >= 15 is 0 Å². The maximum absolute atomic E-state index is 14.7. The zero-order valence-corrected chi connectivity index (χ0v) is 38.5. The zero-order chi connectivity index (χ0) is 46.2. The zero-order valence-electron chi connectivity index (χ0n) is 37.5. The predicted octanol–water partition coefficient (Wildman–Crippen LogP) is 6.01. The van der Waals surface area contributed by atoms with Crippen molar-refractivity contribution in [1.29, 1.82) is 5.26 Å². The second-order valence-corrected chi connectivity index (χ2v) is 17.3. The normalized spacial score (nSPS) is 16.9. The topological polar surface area (TPSA) is 245 Å². The van der Waals surface area contributed by atoms with Crippen LogP contribution in [0.3, 0.4) is 0 Å². The van der Waals surface area contributed by atoms with E-state index in [2.05, 4.69) is 26.1 Å². The highest BCUT2D eigenvalue weighted by atomic mass is 32.1. The summed E-state index contributed by atoms with van der Waals surface area (Å²) in [5, 5.41) is 23.2. The fourth-order valence-electron chi connectivity index (χ4n) is 8.03. The van der Waals surface area contributed by atoms with Gasteiger partial charge in [0, 0.05) is 73.5 Å². The molecule has 0 radical (unpaired) electrons. The number of Topliss-reactive ketones (excluding diaryl/α,β-unsaturated/α-hetero) is 3. The highest BCUT2D eigenvalue weighted by molar-refractivity contribution is 7.59. The van der Waals surface area contributed by atoms with Gasteiger partial charge in [-0.25, -0.2) is 0 Å². The molecular formula is C49H61N7O7S. The monoisotopic (exact) mass is 891 g/mol. The molecule has 4 atom stereocenters. The van der Waals surface area contributed by atoms with Crippen molar-refractivity contribution >= 4 is 48.3 Å². The molecule has 8 N–H and O–H groups in total. The molecule has 0 saturated carbocycles. The largest absolute Gasteiger partial charge is 0.507 e. The number of hydrogen-bond donors (Lipinski definition) is 5. The van der Waals surface area contributed by atoms with Crippen molar-refractivity contribution in [3.63, 3.8) is 0 Å². The molecule has 3 aromatic carbocycles. The van der Waals surface area contributed by atoms with Crippen LogP contribution in [0.5, 0.6) is 11.5 Å². The number of phenols is 1. The number of benzene rings is 3. The third-order valence-corrected chi connectivity index (χ3v) is 11.5. The molecule has 340 valence electrons. The number of nitrogens with two attached hydrogens (primary N) is 3. The molecule has 5 rings (SSSR count). The fraction of sp³-hybridized carbons (Fsp3) is 0.408. The first-order chi connectivity index (χ1) is 29.9. The van der Waals surface area contributed by atoms with Gasteiger partial charge >= 0.3 is 0 Å². The molecule has 0 aliphatic carbocycles. The van der Waals surface area contributed by atoms with Crippen LogP contribution in [0, 0.1) is 30.1 Å². The third-order valence-electron chi connectivity index (χ3n) is 11.5. The number of aromatic nitrogens is 1. The lowest BCUT2D eigenvalue weighted by molar-refractivity contribution is -0.142. The Labute approximate surface area is 382 Å². The Bertz CT molecular complexity index is 2380. The van der Waals surface area contributed by atoms with Gasteiger partial charge in [-0.15, -0.1) is 0 Å². The minimum atomic E-state index is -1.27. The Morgan fingerprint density at radius 1 is 1.00 bits per heavy atom. The van der Waals surface area contributed by atoms with Gasteiger partial charge in [0.25, 0.3) is 0 Å². The van der Waals surface area contributed by atoms with Crippen molar-refractivity contribution in [1.82, 2.24) is 15.2 Å². The van der Waals surface area contributed by atoms with Crippen LogP contribution in [0.25, 0.3) is 22.4 Å². The summed E-state index contributed by atoms with van der Waals surface area (Å²) in [6.45, 7) is 10.0. The van der Waals surface area contributed by atoms with Gasteiger partial charge in [-0.05, 0) is 78.7 Å². The van der Waals surface area contributed by atoms with Crippen molar-refractivity contribution in [2.75, 3.05) is 32.5 Å². The van der Waals surface area contributed by atoms with E-state index in [1.54, 1.807) is 50.2 Å². The lowest BCUT2D eigenvalue weighted by Gasteiger charge is -2.32. The number of pyridine rings is 1. The summed E-state index contributed by atoms with van der Waals surface area (Å²) < 4.78 is 6.01. The lowest BCUT2D eigenvalue weighted by Crippen LogP contribution is -2.46. The predicted molar refractivity (Wildman–Crippen MR) is 252 cm³/mol. The molecule has 4 bridgehead atoms. The Balaban J connectivity index is 0.00000898. The van der Waals surface area contributed by atoms with Crippen LogP contribution in [0.4, 0.5) is 5.69 Å². The lowest BCUT2D eigenvalue weighted by atomic mass is 9.86. The minimum Gasteiger partial charge on any atom is -0.507 e. The average molecular weight is 892 g/mol. The molecule has 0 saturated heterocycles. The summed E-state index contributed by atoms with van der Waals surface area (Å²) in [4.78, 5) is 76.4. The summed E-state index contributed by atoms with van der Waals surface area (Å²) in [6.07, 6.45) is -0.570. The third kappa shape index (κ3) is 11.9. The molecule has 0 fully saturated rings. The molecule has 1 aliphatic heterocycles. The Kier molecular flexibility index (Phi) is 17.4. The summed E-state index contributed by atoms with van der Waals surface area (Å²) in [6, 6.07) is 19.0. The van der Waals surface area contributed by atoms with E-state index < -0.39 is 47.3 Å². The molecule has 0 unspecified atom stereocenters. The van der Waals surface area contributed by atoms with Gasteiger partial charge in [-0.2, -0.15) is 18.8 Å². The van der Waals surface area contributed by atoms with Gasteiger partial charge in [-0.1, -0.05) is 64.1 Å². The van der Waals surface area contributed by atoms with Crippen molar-refractivity contribution in [3.05, 3.63) is 94.7 Å². The van der Waals surface area contributed by atoms with Gasteiger partial charge in [-0.3, -0.25) is 29.0 Å². The Morgan fingerprint density at radius 2 is 1.70 bits per heavy atom. The number of nitrogens with zero attached hydrogens (tertiary/aromatic N) is 3. The van der Waals surface area contributed by atoms with Crippen LogP contribution < -0.4 is 27.3 Å². The first kappa shape index (κ1) is 50.6. The number of nitriles is 1. The van der Waals surface area contributed by atoms with E-state index in [1.807, 2.05) is 30.3 Å². The molecule has 64 heavy (non-hydrogen) atoms. The molecule has 2 heterocycles. The van der Waals surface area contributed by atoms with Crippen LogP contribution in [0.15, 0.2) is 66.7 Å². The SMILES string of the molecule is Cc1nc(-c2ccc(C(C)(C)C)cc2)cc(N)c1C(=O)C[C@@H](CCN)C(=O)N(C)[C@@H]1C(=O)C[C@@H](C)C(=O)N[C@H](C(=O)CCC#N)Cc2ccc(O)c(c2)-c2cc1ccc2OCCN.S. The summed E-state index contributed by atoms with van der Waals surface area (Å²) in [5.74, 6) is -4.05. The number of nitrogens with one attached hydrogen (secondary N) is 1. The summed E-state index contributed by atoms with van der Waals surface area (Å²) in [7, 11) is 1.47. The first-order valence-electron chi connectivity index (χ1n) is 21.3. The first-order valence-corrected chi connectivity index (χ1v) is 21.3. The van der Waals surface area contributed by atoms with Crippen molar-refractivity contribution in [2.45, 2.75) is 90.6 Å². The quantitative estimate of drug-likeness (QED) is 0.0915. The molecule has 14 nitrogen and oxygen atoms in total. The number of aryl methyl sites for hydroxylation is 1. The van der Waals surface area contributed by atoms with Crippen LogP contribution >= 0.6 is 13.5 Å². The molecule has 4 aromatic rings. The number of nitrogen functional groups attached to an aromatic ring is 1. The van der Waals surface area contributed by atoms with Crippen LogP contribution in [-0.2, 0) is 31.0 Å². The standard InChI is InChI=1S/C49H59N7O7.H2S/c1-28-22-43(60)46(32-12-16-44(63-21-20-52)36(25-32)35-23-30(9-15-40(35)57)24-39(55-47(28)61)41(58)8-7-18-50)56(6)48(62)33(17-19-51)26-42(59)45-29(2)54-38(27-37(45)53)31-10-13-34(14-11-31)49(3,4)5;/h9-16,23,25,27-28,33,39,46,57H,7-8,17,19-22,24,26,51-52H2,1-6H3,(H2,53,54)(H,55,61);1H2/t28-,33-,39+,46+;/m1./s1. The minimum absolute atomic E-state index is 0. The van der Waals surface area contributed by atoms with Crippen LogP contribution in [0.2, 0.25) is 0 Å². The van der Waals surface area contributed by atoms with Crippen molar-refractivity contribution in [2.24, 2.45) is 23.3 Å². The number of fused-ring (bicyclic) bond motifs is 5. The van der Waals surface area contributed by atoms with E-state index in [9.17, 15) is 29.1 Å². The van der Waals surface area contributed by atoms with Gasteiger partial charge in [0.05, 0.1) is 29.1 Å². The number of carbonyl (C=O) groups is 5. The van der Waals surface area contributed by atoms with Crippen molar-refractivity contribution in [3.8, 4) is 40.0 Å². The number of rotatable bonds is 14. The van der Waals surface area contributed by atoms with Crippen molar-refractivity contribution < 1.29 is 33.8 Å². The number of carbonyl (C=O) groups excluding carboxylic acids is 5. The number of phenolic OH excluding ortho intramolecular Hbond substituents is 1. The molecule has 1 aromatic heterocycles. The molecule has 15 heteroatoms.